The van der Waals surface area contributed by atoms with Crippen LogP contribution in [-0.4, -0.2) is 70.5 Å². The average molecular weight is 612 g/mol. The van der Waals surface area contributed by atoms with Crippen LogP contribution in [0.5, 0.6) is 0 Å². The predicted octanol–water partition coefficient (Wildman–Crippen LogP) is 6.16. The molecule has 3 N–H and O–H groups in total. The number of benzene rings is 2. The first kappa shape index (κ1) is 30.6. The molecule has 4 heterocycles. The van der Waals surface area contributed by atoms with E-state index in [0.717, 1.165) is 33.6 Å². The maximum absolute atomic E-state index is 14.0. The third-order valence-electron chi connectivity index (χ3n) is 8.65. The molecule has 2 fully saturated rings. The van der Waals surface area contributed by atoms with Crippen molar-refractivity contribution in [1.29, 1.82) is 0 Å². The van der Waals surface area contributed by atoms with Gasteiger partial charge in [-0.1, -0.05) is 76.2 Å². The number of alkyl carbamates (subject to hydrolysis) is 1. The zero-order valence-corrected chi connectivity index (χ0v) is 26.4. The van der Waals surface area contributed by atoms with Crippen molar-refractivity contribution in [2.45, 2.75) is 52.0 Å². The van der Waals surface area contributed by atoms with E-state index in [4.69, 9.17) is 19.2 Å². The van der Waals surface area contributed by atoms with Gasteiger partial charge in [-0.15, -0.1) is 0 Å². The van der Waals surface area contributed by atoms with Crippen molar-refractivity contribution in [2.75, 3.05) is 26.9 Å². The highest BCUT2D eigenvalue weighted by molar-refractivity contribution is 5.86. The van der Waals surface area contributed by atoms with Crippen molar-refractivity contribution < 1.29 is 23.8 Å². The Hall–Kier alpha value is -4.41. The Labute approximate surface area is 263 Å². The van der Waals surface area contributed by atoms with E-state index < -0.39 is 24.0 Å². The van der Waals surface area contributed by atoms with Crippen LogP contribution in [0.15, 0.2) is 73.1 Å². The molecule has 2 atom stereocenters. The summed E-state index contributed by atoms with van der Waals surface area (Å²) in [5.41, 5.74) is 6.16. The number of amides is 2. The number of ether oxygens (including phenoxy) is 3. The fourth-order valence-electron chi connectivity index (χ4n) is 5.99. The Morgan fingerprint density at radius 1 is 0.956 bits per heavy atom. The van der Waals surface area contributed by atoms with Gasteiger partial charge in [-0.3, -0.25) is 4.79 Å². The molecule has 1 spiro atoms. The molecule has 0 radical (unpaired) electrons. The van der Waals surface area contributed by atoms with Crippen LogP contribution in [0.1, 0.15) is 46.0 Å². The molecule has 45 heavy (non-hydrogen) atoms. The van der Waals surface area contributed by atoms with Crippen LogP contribution in [-0.2, 0) is 19.0 Å². The molecule has 2 amide bonds. The smallest absolute Gasteiger partial charge is 0.407 e. The van der Waals surface area contributed by atoms with Crippen molar-refractivity contribution in [3.05, 3.63) is 78.9 Å². The van der Waals surface area contributed by atoms with Gasteiger partial charge >= 0.3 is 6.09 Å². The van der Waals surface area contributed by atoms with E-state index in [9.17, 15) is 9.59 Å². The molecule has 0 bridgehead atoms. The second-order valence-electron chi connectivity index (χ2n) is 13.1. The topological polar surface area (TPSA) is 122 Å². The van der Waals surface area contributed by atoms with Gasteiger partial charge in [0.25, 0.3) is 0 Å². The summed E-state index contributed by atoms with van der Waals surface area (Å²) in [6, 6.07) is 19.6. The lowest BCUT2D eigenvalue weighted by Crippen LogP contribution is -2.53. The lowest BCUT2D eigenvalue weighted by molar-refractivity contribution is -0.290. The number of hydrogen-bond donors (Lipinski definition) is 3. The Morgan fingerprint density at radius 3 is 2.11 bits per heavy atom. The second kappa shape index (κ2) is 12.2. The molecule has 10 nitrogen and oxygen atoms in total. The van der Waals surface area contributed by atoms with E-state index in [0.29, 0.717) is 25.5 Å². The molecule has 0 saturated carbocycles. The zero-order valence-electron chi connectivity index (χ0n) is 26.4. The van der Waals surface area contributed by atoms with Crippen LogP contribution >= 0.6 is 0 Å². The molecule has 2 aromatic carbocycles. The van der Waals surface area contributed by atoms with E-state index >= 15 is 0 Å². The van der Waals surface area contributed by atoms with Crippen molar-refractivity contribution in [3.63, 3.8) is 0 Å². The highest BCUT2D eigenvalue weighted by atomic mass is 16.7. The lowest BCUT2D eigenvalue weighted by atomic mass is 9.94. The number of likely N-dealkylation sites (tertiary alicyclic amines) is 1. The molecule has 2 saturated heterocycles. The van der Waals surface area contributed by atoms with Crippen LogP contribution in [0.25, 0.3) is 33.6 Å². The highest BCUT2D eigenvalue weighted by Crippen LogP contribution is 2.44. The Morgan fingerprint density at radius 2 is 1.56 bits per heavy atom. The molecule has 2 unspecified atom stereocenters. The zero-order chi connectivity index (χ0) is 31.8. The third kappa shape index (κ3) is 6.39. The number of imidazole rings is 1. The highest BCUT2D eigenvalue weighted by Gasteiger charge is 2.53. The first-order valence-electron chi connectivity index (χ1n) is 15.4. The minimum Gasteiger partial charge on any atom is -0.453 e. The van der Waals surface area contributed by atoms with Crippen LogP contribution in [0.2, 0.25) is 0 Å². The van der Waals surface area contributed by atoms with Gasteiger partial charge in [-0.25, -0.2) is 9.78 Å². The summed E-state index contributed by atoms with van der Waals surface area (Å²) in [6.07, 6.45) is 3.48. The Kier molecular flexibility index (Phi) is 8.28. The van der Waals surface area contributed by atoms with Gasteiger partial charge in [0.2, 0.25) is 5.91 Å². The molecule has 10 heteroatoms. The van der Waals surface area contributed by atoms with E-state index in [2.05, 4.69) is 83.7 Å². The normalized spacial score (nSPS) is 19.5. The predicted molar refractivity (Wildman–Crippen MR) is 171 cm³/mol. The van der Waals surface area contributed by atoms with Crippen molar-refractivity contribution in [3.8, 4) is 33.6 Å². The van der Waals surface area contributed by atoms with Crippen molar-refractivity contribution >= 4 is 12.0 Å². The lowest BCUT2D eigenvalue weighted by Gasteiger charge is -2.41. The Balaban J connectivity index is 1.24. The van der Waals surface area contributed by atoms with Crippen LogP contribution < -0.4 is 5.32 Å². The number of nitrogens with zero attached hydrogens (tertiary/aromatic N) is 2. The van der Waals surface area contributed by atoms with Crippen LogP contribution in [0.4, 0.5) is 4.79 Å². The Bertz CT molecular complexity index is 1620. The molecule has 4 aromatic rings. The first-order chi connectivity index (χ1) is 21.6. The van der Waals surface area contributed by atoms with E-state index in [-0.39, 0.29) is 23.8 Å². The molecule has 6 rings (SSSR count). The summed E-state index contributed by atoms with van der Waals surface area (Å²) in [4.78, 5) is 39.3. The number of carbonyl (C=O) groups excluding carboxylic acids is 2. The summed E-state index contributed by atoms with van der Waals surface area (Å²) in [5.74, 6) is -0.722. The number of nitrogens with one attached hydrogen (secondary N) is 3. The average Bonchev–Trinajstić information content (AvgIpc) is 3.82. The van der Waals surface area contributed by atoms with E-state index in [1.165, 1.54) is 7.11 Å². The standard InChI is InChI=1S/C35H41N5O5/c1-22(2)30(39-33(42)43-5)32(41)40-19-35(44-20-34(3,4)21-45-35)17-29(40)31-37-18-28(38-31)26-14-10-24(11-15-26)23-8-12-25(13-9-23)27-7-6-16-36-27/h6-16,18,22,29-30,36H,17,19-21H2,1-5H3,(H,37,38)(H,39,42). The van der Waals surface area contributed by atoms with Crippen LogP contribution in [0, 0.1) is 11.3 Å². The quantitative estimate of drug-likeness (QED) is 0.230. The van der Waals surface area contributed by atoms with Gasteiger partial charge in [0, 0.05) is 23.7 Å². The fraction of sp³-hybridized carbons (Fsp3) is 0.400. The fourth-order valence-corrected chi connectivity index (χ4v) is 5.99. The van der Waals surface area contributed by atoms with Crippen LogP contribution in [0.3, 0.4) is 0 Å². The number of H-pyrrole nitrogens is 2. The molecule has 2 aliphatic heterocycles. The number of aromatic nitrogens is 3. The maximum Gasteiger partial charge on any atom is 0.407 e. The number of carbonyl (C=O) groups is 2. The number of aromatic amines is 2. The largest absolute Gasteiger partial charge is 0.453 e. The molecule has 0 aliphatic carbocycles. The van der Waals surface area contributed by atoms with Gasteiger partial charge < -0.3 is 34.4 Å². The van der Waals surface area contributed by atoms with E-state index in [1.807, 2.05) is 26.1 Å². The maximum atomic E-state index is 14.0. The number of methoxy groups -OCH3 is 1. The van der Waals surface area contributed by atoms with Crippen molar-refractivity contribution in [1.82, 2.24) is 25.2 Å². The number of rotatable bonds is 7. The van der Waals surface area contributed by atoms with Crippen molar-refractivity contribution in [2.24, 2.45) is 11.3 Å². The SMILES string of the molecule is COC(=O)NC(C(=O)N1CC2(CC1c1ncc(-c3ccc(-c4ccc(-c5ccc[nH]5)cc4)cc3)[nH]1)OCC(C)(C)CO2)C(C)C. The van der Waals surface area contributed by atoms with Gasteiger partial charge in [-0.05, 0) is 40.3 Å². The third-order valence-corrected chi connectivity index (χ3v) is 8.65. The second-order valence-corrected chi connectivity index (χ2v) is 13.1. The molecular weight excluding hydrogens is 570 g/mol. The molecule has 2 aliphatic rings. The summed E-state index contributed by atoms with van der Waals surface area (Å²) in [5, 5.41) is 2.71. The van der Waals surface area contributed by atoms with Gasteiger partial charge in [0.05, 0.1) is 44.8 Å². The van der Waals surface area contributed by atoms with Gasteiger partial charge in [0.1, 0.15) is 11.9 Å². The summed E-state index contributed by atoms with van der Waals surface area (Å²) >= 11 is 0. The van der Waals surface area contributed by atoms with Gasteiger partial charge in [0.15, 0.2) is 5.79 Å². The first-order valence-corrected chi connectivity index (χ1v) is 15.4. The molecule has 236 valence electrons. The summed E-state index contributed by atoms with van der Waals surface area (Å²) in [7, 11) is 1.29. The number of hydrogen-bond acceptors (Lipinski definition) is 6. The molecular formula is C35H41N5O5. The summed E-state index contributed by atoms with van der Waals surface area (Å²) < 4.78 is 17.4. The monoisotopic (exact) mass is 611 g/mol. The van der Waals surface area contributed by atoms with Gasteiger partial charge in [-0.2, -0.15) is 0 Å². The summed E-state index contributed by atoms with van der Waals surface area (Å²) in [6.45, 7) is 9.22. The minimum atomic E-state index is -0.951. The molecule has 2 aromatic heterocycles. The minimum absolute atomic E-state index is 0.126. The van der Waals surface area contributed by atoms with E-state index in [1.54, 1.807) is 11.1 Å².